The second-order valence-corrected chi connectivity index (χ2v) is 5.06. The van der Waals surface area contributed by atoms with Crippen LogP contribution < -0.4 is 0 Å². The molecule has 3 rings (SSSR count). The summed E-state index contributed by atoms with van der Waals surface area (Å²) in [7, 11) is 0. The number of aliphatic hydroxyl groups is 1. The minimum absolute atomic E-state index is 0.0145. The predicted octanol–water partition coefficient (Wildman–Crippen LogP) is 4.79. The Bertz CT molecular complexity index is 783. The first-order chi connectivity index (χ1) is 9.69. The van der Waals surface area contributed by atoms with Gasteiger partial charge in [0.2, 0.25) is 0 Å². The normalized spacial score (nSPS) is 10.9. The SMILES string of the molecule is OCc1ccc2cc(-c3cccc(Cl)c3F)ccc2c1. The maximum atomic E-state index is 14.0. The Kier molecular flexibility index (Phi) is 3.43. The van der Waals surface area contributed by atoms with E-state index in [0.717, 1.165) is 21.9 Å². The highest BCUT2D eigenvalue weighted by atomic mass is 35.5. The van der Waals surface area contributed by atoms with Crippen LogP contribution in [0.1, 0.15) is 5.56 Å². The lowest BCUT2D eigenvalue weighted by Gasteiger charge is -2.07. The highest BCUT2D eigenvalue weighted by molar-refractivity contribution is 6.31. The van der Waals surface area contributed by atoms with E-state index in [1.807, 2.05) is 36.4 Å². The third-order valence-corrected chi connectivity index (χ3v) is 3.64. The van der Waals surface area contributed by atoms with E-state index < -0.39 is 5.82 Å². The summed E-state index contributed by atoms with van der Waals surface area (Å²) in [5, 5.41) is 11.3. The molecular weight excluding hydrogens is 275 g/mol. The molecule has 0 aromatic heterocycles. The molecule has 3 aromatic rings. The fraction of sp³-hybridized carbons (Fsp3) is 0.0588. The zero-order chi connectivity index (χ0) is 14.1. The van der Waals surface area contributed by atoms with Crippen molar-refractivity contribution in [2.24, 2.45) is 0 Å². The summed E-state index contributed by atoms with van der Waals surface area (Å²) in [6.07, 6.45) is 0. The molecular formula is C17H12ClFO. The summed E-state index contributed by atoms with van der Waals surface area (Å²) in [4.78, 5) is 0. The Morgan fingerprint density at radius 1 is 0.950 bits per heavy atom. The van der Waals surface area contributed by atoms with Gasteiger partial charge in [-0.15, -0.1) is 0 Å². The van der Waals surface area contributed by atoms with Gasteiger partial charge in [0.1, 0.15) is 5.82 Å². The predicted molar refractivity (Wildman–Crippen MR) is 80.3 cm³/mol. The van der Waals surface area contributed by atoms with Crippen molar-refractivity contribution in [3.63, 3.8) is 0 Å². The van der Waals surface area contributed by atoms with Gasteiger partial charge in [-0.3, -0.25) is 0 Å². The first-order valence-corrected chi connectivity index (χ1v) is 6.65. The summed E-state index contributed by atoms with van der Waals surface area (Å²) in [5.41, 5.74) is 2.14. The van der Waals surface area contributed by atoms with Gasteiger partial charge in [-0.05, 0) is 40.1 Å². The standard InChI is InChI=1S/C17H12ClFO/c18-16-3-1-2-15(17(16)19)14-7-6-12-8-11(10-20)4-5-13(12)9-14/h1-9,20H,10H2. The van der Waals surface area contributed by atoms with Crippen LogP contribution in [-0.4, -0.2) is 5.11 Å². The molecule has 0 spiro atoms. The van der Waals surface area contributed by atoms with Crippen LogP contribution in [0.5, 0.6) is 0 Å². The molecule has 0 aliphatic heterocycles. The number of hydrogen-bond acceptors (Lipinski definition) is 1. The lowest BCUT2D eigenvalue weighted by atomic mass is 10.00. The summed E-state index contributed by atoms with van der Waals surface area (Å²) in [6.45, 7) is 0.0145. The van der Waals surface area contributed by atoms with Gasteiger partial charge < -0.3 is 5.11 Å². The van der Waals surface area contributed by atoms with Crippen LogP contribution in [0.2, 0.25) is 5.02 Å². The second kappa shape index (κ2) is 5.23. The third kappa shape index (κ3) is 2.28. The van der Waals surface area contributed by atoms with Gasteiger partial charge in [-0.2, -0.15) is 0 Å². The Morgan fingerprint density at radius 3 is 2.50 bits per heavy atom. The van der Waals surface area contributed by atoms with Crippen LogP contribution in [0, 0.1) is 5.82 Å². The second-order valence-electron chi connectivity index (χ2n) is 4.66. The average Bonchev–Trinajstić information content (AvgIpc) is 2.49. The summed E-state index contributed by atoms with van der Waals surface area (Å²) >= 11 is 5.82. The van der Waals surface area contributed by atoms with Crippen LogP contribution in [-0.2, 0) is 6.61 Å². The van der Waals surface area contributed by atoms with E-state index in [0.29, 0.717) is 5.56 Å². The Labute approximate surface area is 121 Å². The quantitative estimate of drug-likeness (QED) is 0.718. The Balaban J connectivity index is 2.16. The van der Waals surface area contributed by atoms with Gasteiger partial charge in [0.25, 0.3) is 0 Å². The molecule has 3 aromatic carbocycles. The molecule has 0 radical (unpaired) electrons. The summed E-state index contributed by atoms with van der Waals surface area (Å²) in [5.74, 6) is -0.402. The zero-order valence-corrected chi connectivity index (χ0v) is 11.4. The lowest BCUT2D eigenvalue weighted by molar-refractivity contribution is 0.282. The fourth-order valence-electron chi connectivity index (χ4n) is 2.29. The molecule has 0 amide bonds. The zero-order valence-electron chi connectivity index (χ0n) is 10.6. The van der Waals surface area contributed by atoms with E-state index in [4.69, 9.17) is 16.7 Å². The maximum absolute atomic E-state index is 14.0. The van der Waals surface area contributed by atoms with Crippen LogP contribution in [0.4, 0.5) is 4.39 Å². The molecule has 3 heteroatoms. The Hall–Kier alpha value is -1.90. The minimum atomic E-state index is -0.402. The molecule has 0 atom stereocenters. The van der Waals surface area contributed by atoms with Crippen molar-refractivity contribution in [1.29, 1.82) is 0 Å². The fourth-order valence-corrected chi connectivity index (χ4v) is 2.46. The number of benzene rings is 3. The highest BCUT2D eigenvalue weighted by Crippen LogP contribution is 2.30. The van der Waals surface area contributed by atoms with Gasteiger partial charge in [0.15, 0.2) is 0 Å². The number of fused-ring (bicyclic) bond motifs is 1. The van der Waals surface area contributed by atoms with E-state index in [-0.39, 0.29) is 11.6 Å². The first kappa shape index (κ1) is 13.1. The molecule has 0 heterocycles. The van der Waals surface area contributed by atoms with Crippen LogP contribution >= 0.6 is 11.6 Å². The van der Waals surface area contributed by atoms with E-state index in [1.54, 1.807) is 12.1 Å². The van der Waals surface area contributed by atoms with Gasteiger partial charge in [0.05, 0.1) is 11.6 Å². The molecule has 0 unspecified atom stereocenters. The molecule has 0 fully saturated rings. The molecule has 0 aliphatic rings. The van der Waals surface area contributed by atoms with Gasteiger partial charge >= 0.3 is 0 Å². The van der Waals surface area contributed by atoms with Crippen molar-refractivity contribution >= 4 is 22.4 Å². The van der Waals surface area contributed by atoms with Crippen molar-refractivity contribution < 1.29 is 9.50 Å². The van der Waals surface area contributed by atoms with E-state index in [2.05, 4.69) is 0 Å². The molecule has 100 valence electrons. The molecule has 1 N–H and O–H groups in total. The monoisotopic (exact) mass is 286 g/mol. The van der Waals surface area contributed by atoms with Gasteiger partial charge in [0, 0.05) is 5.56 Å². The van der Waals surface area contributed by atoms with E-state index in [1.165, 1.54) is 6.07 Å². The number of rotatable bonds is 2. The van der Waals surface area contributed by atoms with Gasteiger partial charge in [-0.25, -0.2) is 4.39 Å². The number of halogens is 2. The van der Waals surface area contributed by atoms with Crippen LogP contribution in [0.3, 0.4) is 0 Å². The van der Waals surface area contributed by atoms with Crippen LogP contribution in [0.25, 0.3) is 21.9 Å². The summed E-state index contributed by atoms with van der Waals surface area (Å²) < 4.78 is 14.0. The maximum Gasteiger partial charge on any atom is 0.149 e. The third-order valence-electron chi connectivity index (χ3n) is 3.35. The molecule has 20 heavy (non-hydrogen) atoms. The molecule has 1 nitrogen and oxygen atoms in total. The van der Waals surface area contributed by atoms with E-state index in [9.17, 15) is 4.39 Å². The highest BCUT2D eigenvalue weighted by Gasteiger charge is 2.09. The topological polar surface area (TPSA) is 20.2 Å². The smallest absolute Gasteiger partial charge is 0.149 e. The Morgan fingerprint density at radius 2 is 1.70 bits per heavy atom. The van der Waals surface area contributed by atoms with Crippen LogP contribution in [0.15, 0.2) is 54.6 Å². The van der Waals surface area contributed by atoms with Crippen molar-refractivity contribution in [3.05, 3.63) is 71.0 Å². The molecule has 0 saturated carbocycles. The molecule has 0 saturated heterocycles. The minimum Gasteiger partial charge on any atom is -0.392 e. The van der Waals surface area contributed by atoms with Crippen molar-refractivity contribution in [3.8, 4) is 11.1 Å². The van der Waals surface area contributed by atoms with Crippen molar-refractivity contribution in [2.75, 3.05) is 0 Å². The first-order valence-electron chi connectivity index (χ1n) is 6.27. The molecule has 0 bridgehead atoms. The van der Waals surface area contributed by atoms with Crippen molar-refractivity contribution in [2.45, 2.75) is 6.61 Å². The largest absolute Gasteiger partial charge is 0.392 e. The van der Waals surface area contributed by atoms with E-state index >= 15 is 0 Å². The number of aliphatic hydroxyl groups excluding tert-OH is 1. The van der Waals surface area contributed by atoms with Crippen molar-refractivity contribution in [1.82, 2.24) is 0 Å². The average molecular weight is 287 g/mol. The number of hydrogen-bond donors (Lipinski definition) is 1. The van der Waals surface area contributed by atoms with Gasteiger partial charge in [-0.1, -0.05) is 48.0 Å². The molecule has 0 aliphatic carbocycles. The summed E-state index contributed by atoms with van der Waals surface area (Å²) in [6, 6.07) is 16.4. The lowest BCUT2D eigenvalue weighted by Crippen LogP contribution is -1.87.